The van der Waals surface area contributed by atoms with Crippen LogP contribution in [0.1, 0.15) is 34.6 Å². The van der Waals surface area contributed by atoms with E-state index >= 15 is 0 Å². The van der Waals surface area contributed by atoms with Crippen LogP contribution in [0.4, 0.5) is 4.39 Å². The van der Waals surface area contributed by atoms with Crippen LogP contribution in [0.5, 0.6) is 0 Å². The first-order chi connectivity index (χ1) is 9.40. The molecule has 0 saturated heterocycles. The second-order valence-corrected chi connectivity index (χ2v) is 5.04. The van der Waals surface area contributed by atoms with Crippen molar-refractivity contribution in [3.05, 3.63) is 52.1 Å². The van der Waals surface area contributed by atoms with Crippen molar-refractivity contribution >= 4 is 17.5 Å². The van der Waals surface area contributed by atoms with E-state index in [1.807, 2.05) is 20.9 Å². The molecule has 1 aromatic carbocycles. The normalized spacial score (nSPS) is 12.2. The zero-order valence-corrected chi connectivity index (χ0v) is 12.2. The molecule has 2 rings (SSSR count). The second-order valence-electron chi connectivity index (χ2n) is 4.63. The first-order valence-corrected chi connectivity index (χ1v) is 6.52. The molecule has 1 heterocycles. The Morgan fingerprint density at radius 2 is 2.20 bits per heavy atom. The van der Waals surface area contributed by atoms with Gasteiger partial charge in [-0.2, -0.15) is 5.10 Å². The van der Waals surface area contributed by atoms with Crippen LogP contribution in [0, 0.1) is 12.7 Å². The molecule has 0 aliphatic heterocycles. The zero-order chi connectivity index (χ0) is 14.9. The molecular formula is C14H15ClFN3O. The van der Waals surface area contributed by atoms with E-state index in [1.54, 1.807) is 10.9 Å². The molecule has 1 atom stereocenters. The topological polar surface area (TPSA) is 46.9 Å². The second kappa shape index (κ2) is 5.63. The van der Waals surface area contributed by atoms with Gasteiger partial charge in [-0.25, -0.2) is 4.39 Å². The van der Waals surface area contributed by atoms with E-state index in [4.69, 9.17) is 11.6 Å². The molecule has 0 radical (unpaired) electrons. The van der Waals surface area contributed by atoms with Gasteiger partial charge in [0.15, 0.2) is 0 Å². The van der Waals surface area contributed by atoms with Crippen LogP contribution in [0.2, 0.25) is 5.02 Å². The molecule has 0 aliphatic rings. The number of rotatable bonds is 3. The van der Waals surface area contributed by atoms with E-state index in [1.165, 1.54) is 12.1 Å². The summed E-state index contributed by atoms with van der Waals surface area (Å²) < 4.78 is 14.7. The summed E-state index contributed by atoms with van der Waals surface area (Å²) in [6.07, 6.45) is 1.71. The van der Waals surface area contributed by atoms with Crippen molar-refractivity contribution in [1.29, 1.82) is 0 Å². The molecule has 0 saturated carbocycles. The summed E-state index contributed by atoms with van der Waals surface area (Å²) in [5.41, 5.74) is 2.16. The van der Waals surface area contributed by atoms with Crippen LogP contribution in [-0.4, -0.2) is 15.7 Å². The predicted octanol–water partition coefficient (Wildman–Crippen LogP) is 3.01. The highest BCUT2D eigenvalue weighted by Crippen LogP contribution is 2.20. The van der Waals surface area contributed by atoms with E-state index in [9.17, 15) is 9.18 Å². The lowest BCUT2D eigenvalue weighted by Crippen LogP contribution is -2.27. The number of amides is 1. The van der Waals surface area contributed by atoms with Gasteiger partial charge < -0.3 is 5.32 Å². The first kappa shape index (κ1) is 14.5. The number of nitrogens with one attached hydrogen (secondary N) is 1. The molecule has 0 fully saturated rings. The fourth-order valence-corrected chi connectivity index (χ4v) is 2.22. The Morgan fingerprint density at radius 3 is 2.75 bits per heavy atom. The molecular weight excluding hydrogens is 281 g/mol. The van der Waals surface area contributed by atoms with Crippen LogP contribution in [0.25, 0.3) is 0 Å². The largest absolute Gasteiger partial charge is 0.345 e. The summed E-state index contributed by atoms with van der Waals surface area (Å²) in [6.45, 7) is 3.79. The van der Waals surface area contributed by atoms with E-state index in [0.29, 0.717) is 0 Å². The van der Waals surface area contributed by atoms with Crippen molar-refractivity contribution in [3.63, 3.8) is 0 Å². The van der Waals surface area contributed by atoms with Gasteiger partial charge in [0.1, 0.15) is 5.82 Å². The molecule has 1 N–H and O–H groups in total. The molecule has 0 bridgehead atoms. The van der Waals surface area contributed by atoms with E-state index in [0.717, 1.165) is 17.3 Å². The number of nitrogens with zero attached hydrogens (tertiary/aromatic N) is 2. The Bertz CT molecular complexity index is 654. The zero-order valence-electron chi connectivity index (χ0n) is 11.4. The lowest BCUT2D eigenvalue weighted by Gasteiger charge is -2.14. The molecule has 2 aromatic rings. The van der Waals surface area contributed by atoms with E-state index in [2.05, 4.69) is 10.4 Å². The van der Waals surface area contributed by atoms with Crippen molar-refractivity contribution in [2.24, 2.45) is 7.05 Å². The SMILES string of the molecule is Cc1c([C@H](C)NC(=O)c2ccc(F)cc2Cl)cnn1C. The lowest BCUT2D eigenvalue weighted by atomic mass is 10.1. The summed E-state index contributed by atoms with van der Waals surface area (Å²) in [5.74, 6) is -0.812. The molecule has 4 nitrogen and oxygen atoms in total. The maximum absolute atomic E-state index is 13.0. The number of aromatic nitrogens is 2. The third-order valence-electron chi connectivity index (χ3n) is 3.26. The monoisotopic (exact) mass is 295 g/mol. The summed E-state index contributed by atoms with van der Waals surface area (Å²) in [5, 5.41) is 7.06. The minimum Gasteiger partial charge on any atom is -0.345 e. The van der Waals surface area contributed by atoms with Crippen molar-refractivity contribution in [2.75, 3.05) is 0 Å². The number of carbonyl (C=O) groups excluding carboxylic acids is 1. The lowest BCUT2D eigenvalue weighted by molar-refractivity contribution is 0.0940. The fraction of sp³-hybridized carbons (Fsp3) is 0.286. The van der Waals surface area contributed by atoms with Gasteiger partial charge in [0, 0.05) is 18.3 Å². The summed E-state index contributed by atoms with van der Waals surface area (Å²) in [7, 11) is 1.84. The molecule has 0 aliphatic carbocycles. The number of hydrogen-bond donors (Lipinski definition) is 1. The van der Waals surface area contributed by atoms with Gasteiger partial charge >= 0.3 is 0 Å². The number of aryl methyl sites for hydroxylation is 1. The standard InChI is InChI=1S/C14H15ClFN3O/c1-8(12-7-17-19(3)9(12)2)18-14(20)11-5-4-10(16)6-13(11)15/h4-8H,1-3H3,(H,18,20)/t8-/m0/s1. The van der Waals surface area contributed by atoms with Gasteiger partial charge in [-0.05, 0) is 32.0 Å². The number of halogens is 2. The predicted molar refractivity (Wildman–Crippen MR) is 75.2 cm³/mol. The van der Waals surface area contributed by atoms with E-state index in [-0.39, 0.29) is 22.5 Å². The van der Waals surface area contributed by atoms with Crippen molar-refractivity contribution < 1.29 is 9.18 Å². The fourth-order valence-electron chi connectivity index (χ4n) is 1.97. The van der Waals surface area contributed by atoms with Gasteiger partial charge in [0.2, 0.25) is 0 Å². The van der Waals surface area contributed by atoms with Crippen LogP contribution >= 0.6 is 11.6 Å². The molecule has 1 amide bonds. The van der Waals surface area contributed by atoms with E-state index < -0.39 is 5.82 Å². The molecule has 6 heteroatoms. The van der Waals surface area contributed by atoms with Gasteiger partial charge in [0.05, 0.1) is 22.8 Å². The van der Waals surface area contributed by atoms with Crippen LogP contribution in [0.3, 0.4) is 0 Å². The Morgan fingerprint density at radius 1 is 1.50 bits per heavy atom. The molecule has 0 spiro atoms. The minimum atomic E-state index is -0.470. The third kappa shape index (κ3) is 2.82. The minimum absolute atomic E-state index is 0.0950. The number of carbonyl (C=O) groups is 1. The first-order valence-electron chi connectivity index (χ1n) is 6.14. The Labute approximate surface area is 121 Å². The van der Waals surface area contributed by atoms with Crippen molar-refractivity contribution in [2.45, 2.75) is 19.9 Å². The highest BCUT2D eigenvalue weighted by molar-refractivity contribution is 6.33. The Balaban J connectivity index is 2.17. The van der Waals surface area contributed by atoms with Gasteiger partial charge in [0.25, 0.3) is 5.91 Å². The Kier molecular flexibility index (Phi) is 4.09. The summed E-state index contributed by atoms with van der Waals surface area (Å²) >= 11 is 5.87. The maximum Gasteiger partial charge on any atom is 0.253 e. The van der Waals surface area contributed by atoms with Crippen LogP contribution in [-0.2, 0) is 7.05 Å². The highest BCUT2D eigenvalue weighted by Gasteiger charge is 2.17. The van der Waals surface area contributed by atoms with Gasteiger partial charge in [-0.1, -0.05) is 11.6 Å². The number of hydrogen-bond acceptors (Lipinski definition) is 2. The van der Waals surface area contributed by atoms with Gasteiger partial charge in [-0.3, -0.25) is 9.48 Å². The summed E-state index contributed by atoms with van der Waals surface area (Å²) in [6, 6.07) is 3.49. The average molecular weight is 296 g/mol. The molecule has 20 heavy (non-hydrogen) atoms. The van der Waals surface area contributed by atoms with Crippen LogP contribution < -0.4 is 5.32 Å². The molecule has 106 valence electrons. The number of benzene rings is 1. The van der Waals surface area contributed by atoms with Crippen LogP contribution in [0.15, 0.2) is 24.4 Å². The van der Waals surface area contributed by atoms with Crippen molar-refractivity contribution in [1.82, 2.24) is 15.1 Å². The average Bonchev–Trinajstić information content (AvgIpc) is 2.69. The quantitative estimate of drug-likeness (QED) is 0.946. The Hall–Kier alpha value is -1.88. The van der Waals surface area contributed by atoms with Gasteiger partial charge in [-0.15, -0.1) is 0 Å². The highest BCUT2D eigenvalue weighted by atomic mass is 35.5. The van der Waals surface area contributed by atoms with Crippen molar-refractivity contribution in [3.8, 4) is 0 Å². The summed E-state index contributed by atoms with van der Waals surface area (Å²) in [4.78, 5) is 12.1. The molecule has 0 unspecified atom stereocenters. The molecule has 1 aromatic heterocycles. The third-order valence-corrected chi connectivity index (χ3v) is 3.58. The smallest absolute Gasteiger partial charge is 0.253 e. The maximum atomic E-state index is 13.0.